The van der Waals surface area contributed by atoms with Crippen molar-refractivity contribution in [1.82, 2.24) is 4.90 Å². The summed E-state index contributed by atoms with van der Waals surface area (Å²) in [7, 11) is 0. The van der Waals surface area contributed by atoms with Gasteiger partial charge in [0.2, 0.25) is 0 Å². The first-order valence-corrected chi connectivity index (χ1v) is 26.2. The van der Waals surface area contributed by atoms with Crippen LogP contribution in [0.1, 0.15) is 234 Å². The molecule has 0 bridgehead atoms. The standard InChI is InChI=1S/C50H97NO7S2/c1-6-9-12-15-17-18-20-28-41-56-48(54)35-33-45(59)50(4,5)46(60)34-36-49(55)57-42-29-22-27-38-51(39-40-52)37-26-21-25-32-47(53)58-43-44(30-23-14-11-8-3)31-24-19-16-13-10-7-2/h44-46,52,59-60H,6-43H2,1-5H3. The van der Waals surface area contributed by atoms with E-state index in [1.807, 2.05) is 0 Å². The second-order valence-corrected chi connectivity index (χ2v) is 19.5. The van der Waals surface area contributed by atoms with Crippen LogP contribution in [0.5, 0.6) is 0 Å². The molecule has 0 fully saturated rings. The van der Waals surface area contributed by atoms with Crippen molar-refractivity contribution in [2.75, 3.05) is 46.1 Å². The van der Waals surface area contributed by atoms with Crippen molar-refractivity contribution in [3.63, 3.8) is 0 Å². The Morgan fingerprint density at radius 2 is 0.867 bits per heavy atom. The molecule has 0 amide bonds. The number of nitrogens with zero attached hydrogens (tertiary/aromatic N) is 1. The molecule has 8 nitrogen and oxygen atoms in total. The molecule has 10 heteroatoms. The van der Waals surface area contributed by atoms with E-state index < -0.39 is 0 Å². The minimum atomic E-state index is -0.277. The average Bonchev–Trinajstić information content (AvgIpc) is 3.23. The molecule has 3 unspecified atom stereocenters. The molecular weight excluding hydrogens is 791 g/mol. The van der Waals surface area contributed by atoms with E-state index in [4.69, 9.17) is 39.5 Å². The monoisotopic (exact) mass is 888 g/mol. The van der Waals surface area contributed by atoms with Gasteiger partial charge in [-0.2, -0.15) is 25.3 Å². The summed E-state index contributed by atoms with van der Waals surface area (Å²) in [6, 6.07) is 0. The highest BCUT2D eigenvalue weighted by molar-refractivity contribution is 7.82. The SMILES string of the molecule is CCCCCCCCCCOC(=O)CCC(S)C(C)(C)C(S)CCC(=O)OCCCCCN(CCO)CCCCCC(=O)OCC(CCCCCC)CCCCCCCC. The largest absolute Gasteiger partial charge is 0.466 e. The van der Waals surface area contributed by atoms with Crippen molar-refractivity contribution in [3.8, 4) is 0 Å². The fourth-order valence-electron chi connectivity index (χ4n) is 7.77. The van der Waals surface area contributed by atoms with Gasteiger partial charge in [-0.3, -0.25) is 14.4 Å². The lowest BCUT2D eigenvalue weighted by Crippen LogP contribution is -2.35. The van der Waals surface area contributed by atoms with Gasteiger partial charge < -0.3 is 24.2 Å². The van der Waals surface area contributed by atoms with Gasteiger partial charge in [0, 0.05) is 36.3 Å². The van der Waals surface area contributed by atoms with Gasteiger partial charge in [-0.25, -0.2) is 0 Å². The van der Waals surface area contributed by atoms with Gasteiger partial charge >= 0.3 is 17.9 Å². The second-order valence-electron chi connectivity index (χ2n) is 18.2. The molecule has 0 aromatic heterocycles. The molecule has 0 aromatic rings. The zero-order chi connectivity index (χ0) is 44.5. The zero-order valence-electron chi connectivity index (χ0n) is 39.8. The summed E-state index contributed by atoms with van der Waals surface area (Å²) in [6.45, 7) is 15.0. The van der Waals surface area contributed by atoms with E-state index in [0.717, 1.165) is 64.5 Å². The van der Waals surface area contributed by atoms with Crippen LogP contribution in [0, 0.1) is 11.3 Å². The molecule has 1 N–H and O–H groups in total. The molecule has 0 saturated heterocycles. The molecule has 356 valence electrons. The van der Waals surface area contributed by atoms with E-state index in [1.54, 1.807) is 0 Å². The van der Waals surface area contributed by atoms with Gasteiger partial charge in [0.25, 0.3) is 0 Å². The number of esters is 3. The van der Waals surface area contributed by atoms with Crippen molar-refractivity contribution >= 4 is 43.2 Å². The van der Waals surface area contributed by atoms with E-state index in [0.29, 0.717) is 64.4 Å². The summed E-state index contributed by atoms with van der Waals surface area (Å²) in [4.78, 5) is 39.7. The molecule has 3 atom stereocenters. The van der Waals surface area contributed by atoms with Crippen LogP contribution in [-0.2, 0) is 28.6 Å². The fourth-order valence-corrected chi connectivity index (χ4v) is 8.50. The summed E-state index contributed by atoms with van der Waals surface area (Å²) in [6.07, 6.45) is 32.8. The van der Waals surface area contributed by atoms with Crippen molar-refractivity contribution in [2.45, 2.75) is 244 Å². The highest BCUT2D eigenvalue weighted by atomic mass is 32.1. The molecule has 0 aliphatic carbocycles. The van der Waals surface area contributed by atoms with Gasteiger partial charge in [-0.1, -0.05) is 150 Å². The third-order valence-electron chi connectivity index (χ3n) is 12.3. The predicted octanol–water partition coefficient (Wildman–Crippen LogP) is 13.3. The number of rotatable bonds is 45. The van der Waals surface area contributed by atoms with Crippen LogP contribution in [0.15, 0.2) is 0 Å². The van der Waals surface area contributed by atoms with Crippen molar-refractivity contribution in [3.05, 3.63) is 0 Å². The van der Waals surface area contributed by atoms with Gasteiger partial charge in [-0.15, -0.1) is 0 Å². The Hall–Kier alpha value is -0.970. The molecule has 0 radical (unpaired) electrons. The highest BCUT2D eigenvalue weighted by Crippen LogP contribution is 2.37. The normalized spacial score (nSPS) is 13.3. The van der Waals surface area contributed by atoms with E-state index in [2.05, 4.69) is 39.5 Å². The number of thiol groups is 2. The minimum Gasteiger partial charge on any atom is -0.466 e. The molecule has 0 aromatic carbocycles. The Bertz CT molecular complexity index is 1000. The van der Waals surface area contributed by atoms with Crippen LogP contribution < -0.4 is 0 Å². The Morgan fingerprint density at radius 3 is 1.33 bits per heavy atom. The van der Waals surface area contributed by atoms with Gasteiger partial charge in [0.15, 0.2) is 0 Å². The third-order valence-corrected chi connectivity index (χ3v) is 14.1. The van der Waals surface area contributed by atoms with Crippen LogP contribution in [0.25, 0.3) is 0 Å². The molecule has 0 saturated carbocycles. The second kappa shape index (κ2) is 42.0. The maximum atomic E-state index is 12.6. The van der Waals surface area contributed by atoms with Crippen LogP contribution >= 0.6 is 25.3 Å². The smallest absolute Gasteiger partial charge is 0.305 e. The maximum Gasteiger partial charge on any atom is 0.305 e. The molecule has 0 heterocycles. The van der Waals surface area contributed by atoms with E-state index in [1.165, 1.54) is 116 Å². The molecule has 0 spiro atoms. The molecule has 0 aliphatic rings. The number of aliphatic hydroxyl groups excluding tert-OH is 1. The summed E-state index contributed by atoms with van der Waals surface area (Å²) < 4.78 is 16.8. The fraction of sp³-hybridized carbons (Fsp3) is 0.940. The number of hydrogen-bond acceptors (Lipinski definition) is 10. The Kier molecular flexibility index (Phi) is 41.3. The van der Waals surface area contributed by atoms with E-state index in [-0.39, 0.29) is 40.4 Å². The maximum absolute atomic E-state index is 12.6. The van der Waals surface area contributed by atoms with E-state index in [9.17, 15) is 19.5 Å². The Labute approximate surface area is 381 Å². The lowest BCUT2D eigenvalue weighted by molar-refractivity contribution is -0.146. The number of carbonyl (C=O) groups excluding carboxylic acids is 3. The van der Waals surface area contributed by atoms with Gasteiger partial charge in [0.1, 0.15) is 0 Å². The number of ether oxygens (including phenoxy) is 3. The van der Waals surface area contributed by atoms with Crippen LogP contribution in [0.2, 0.25) is 0 Å². The number of hydrogen-bond donors (Lipinski definition) is 3. The highest BCUT2D eigenvalue weighted by Gasteiger charge is 2.34. The zero-order valence-corrected chi connectivity index (χ0v) is 41.6. The van der Waals surface area contributed by atoms with Crippen molar-refractivity contribution in [1.29, 1.82) is 0 Å². The number of aliphatic hydroxyl groups is 1. The molecule has 0 aliphatic heterocycles. The Morgan fingerprint density at radius 1 is 0.483 bits per heavy atom. The number of carbonyl (C=O) groups is 3. The first kappa shape index (κ1) is 59.0. The predicted molar refractivity (Wildman–Crippen MR) is 259 cm³/mol. The van der Waals surface area contributed by atoms with Gasteiger partial charge in [0.05, 0.1) is 26.4 Å². The summed E-state index contributed by atoms with van der Waals surface area (Å²) in [5.74, 6) is 0.0761. The molecule has 0 rings (SSSR count). The van der Waals surface area contributed by atoms with Crippen LogP contribution in [-0.4, -0.2) is 84.5 Å². The number of unbranched alkanes of at least 4 members (excludes halogenated alkanes) is 19. The quantitative estimate of drug-likeness (QED) is 0.0240. The van der Waals surface area contributed by atoms with Crippen LogP contribution in [0.3, 0.4) is 0 Å². The Balaban J connectivity index is 4.17. The third kappa shape index (κ3) is 35.5. The summed E-state index contributed by atoms with van der Waals surface area (Å²) >= 11 is 9.66. The first-order chi connectivity index (χ1) is 29.0. The van der Waals surface area contributed by atoms with Crippen molar-refractivity contribution < 1.29 is 33.7 Å². The van der Waals surface area contributed by atoms with Crippen LogP contribution in [0.4, 0.5) is 0 Å². The van der Waals surface area contributed by atoms with Crippen molar-refractivity contribution in [2.24, 2.45) is 11.3 Å². The molecular formula is C50H97NO7S2. The topological polar surface area (TPSA) is 102 Å². The lowest BCUT2D eigenvalue weighted by atomic mass is 9.81. The summed E-state index contributed by atoms with van der Waals surface area (Å²) in [5.41, 5.74) is -0.277. The molecule has 60 heavy (non-hydrogen) atoms. The first-order valence-electron chi connectivity index (χ1n) is 25.2. The van der Waals surface area contributed by atoms with E-state index >= 15 is 0 Å². The average molecular weight is 888 g/mol. The lowest BCUT2D eigenvalue weighted by Gasteiger charge is -2.36. The summed E-state index contributed by atoms with van der Waals surface area (Å²) in [5, 5.41) is 9.49. The minimum absolute atomic E-state index is 0.0481. The van der Waals surface area contributed by atoms with Gasteiger partial charge in [-0.05, 0) is 88.6 Å².